The number of halogens is 1. The van der Waals surface area contributed by atoms with Crippen LogP contribution in [0.3, 0.4) is 0 Å². The van der Waals surface area contributed by atoms with Gasteiger partial charge in [0.05, 0.1) is 43.0 Å². The van der Waals surface area contributed by atoms with E-state index in [1.807, 2.05) is 0 Å². The van der Waals surface area contributed by atoms with Crippen LogP contribution in [0.2, 0.25) is 5.02 Å². The number of esters is 1. The van der Waals surface area contributed by atoms with Gasteiger partial charge in [0, 0.05) is 23.2 Å². The zero-order chi connectivity index (χ0) is 31.1. The molecular formula is C29H27ClN3O8S2+. The van der Waals surface area contributed by atoms with Crippen LogP contribution >= 0.6 is 33.2 Å². The zero-order valence-corrected chi connectivity index (χ0v) is 26.0. The molecule has 0 saturated heterocycles. The fourth-order valence-corrected chi connectivity index (χ4v) is 6.96. The standard InChI is InChI=1S/C29H27ClN3O8S2/c1-5-41-28(35)20-17-31(19-13-14-23(38-2)24(15-19)39-3)29(36)32(27(20)34)16-18-9-8-10-21(30)26(18)43-42-25-12-7-6-11-22(25)33(37)40-4/h6-15,17H,5,16H2,1-4H3/q+1. The number of aromatic nitrogens is 2. The van der Waals surface area contributed by atoms with Crippen molar-refractivity contribution < 1.29 is 28.8 Å². The maximum atomic E-state index is 13.8. The van der Waals surface area contributed by atoms with Gasteiger partial charge in [0.1, 0.15) is 10.5 Å². The molecule has 0 unspecified atom stereocenters. The molecule has 0 aliphatic heterocycles. The summed E-state index contributed by atoms with van der Waals surface area (Å²) < 4.78 is 17.9. The summed E-state index contributed by atoms with van der Waals surface area (Å²) in [5.74, 6) is -0.0922. The van der Waals surface area contributed by atoms with Gasteiger partial charge in [0.2, 0.25) is 0 Å². The average Bonchev–Trinajstić information content (AvgIpc) is 3.02. The van der Waals surface area contributed by atoms with E-state index in [-0.39, 0.29) is 18.7 Å². The third-order valence-corrected chi connectivity index (χ3v) is 9.10. The van der Waals surface area contributed by atoms with E-state index in [0.29, 0.717) is 48.2 Å². The van der Waals surface area contributed by atoms with Gasteiger partial charge in [-0.05, 0) is 47.5 Å². The van der Waals surface area contributed by atoms with Crippen LogP contribution in [0.15, 0.2) is 86.2 Å². The second-order valence-corrected chi connectivity index (χ2v) is 11.2. The number of nitrogens with zero attached hydrogens (tertiary/aromatic N) is 3. The van der Waals surface area contributed by atoms with Crippen molar-refractivity contribution in [2.24, 2.45) is 0 Å². The Kier molecular flexibility index (Phi) is 10.6. The summed E-state index contributed by atoms with van der Waals surface area (Å²) in [5.41, 5.74) is -0.696. The molecule has 11 nitrogen and oxygen atoms in total. The monoisotopic (exact) mass is 644 g/mol. The largest absolute Gasteiger partial charge is 0.493 e. The number of ether oxygens (including phenoxy) is 3. The number of methoxy groups -OCH3 is 2. The van der Waals surface area contributed by atoms with Crippen LogP contribution in [0.1, 0.15) is 22.8 Å². The van der Waals surface area contributed by atoms with Gasteiger partial charge < -0.3 is 14.2 Å². The first-order valence-corrected chi connectivity index (χ1v) is 15.2. The molecule has 1 heterocycles. The minimum absolute atomic E-state index is 0.0331. The van der Waals surface area contributed by atoms with Crippen LogP contribution in [0.4, 0.5) is 5.69 Å². The predicted octanol–water partition coefficient (Wildman–Crippen LogP) is 5.67. The first-order chi connectivity index (χ1) is 20.7. The van der Waals surface area contributed by atoms with E-state index in [2.05, 4.69) is 0 Å². The Hall–Kier alpha value is -4.20. The fraction of sp³-hybridized carbons (Fsp3) is 0.207. The lowest BCUT2D eigenvalue weighted by atomic mass is 10.2. The highest BCUT2D eigenvalue weighted by Crippen LogP contribution is 2.45. The Morgan fingerprint density at radius 3 is 2.40 bits per heavy atom. The van der Waals surface area contributed by atoms with Gasteiger partial charge in [0.25, 0.3) is 10.5 Å². The molecule has 0 aliphatic carbocycles. The normalized spacial score (nSPS) is 10.7. The number of hydrogen-bond acceptors (Lipinski definition) is 10. The Morgan fingerprint density at radius 1 is 0.953 bits per heavy atom. The van der Waals surface area contributed by atoms with Crippen LogP contribution in [-0.2, 0) is 16.1 Å². The van der Waals surface area contributed by atoms with Crippen molar-refractivity contribution in [1.29, 1.82) is 0 Å². The van der Waals surface area contributed by atoms with E-state index in [1.54, 1.807) is 67.6 Å². The predicted molar refractivity (Wildman–Crippen MR) is 164 cm³/mol. The highest BCUT2D eigenvalue weighted by atomic mass is 35.5. The van der Waals surface area contributed by atoms with Gasteiger partial charge in [-0.3, -0.25) is 13.9 Å². The summed E-state index contributed by atoms with van der Waals surface area (Å²) in [6.07, 6.45) is 1.16. The Morgan fingerprint density at radius 2 is 1.70 bits per heavy atom. The van der Waals surface area contributed by atoms with E-state index in [1.165, 1.54) is 47.5 Å². The summed E-state index contributed by atoms with van der Waals surface area (Å²) in [6, 6.07) is 16.7. The van der Waals surface area contributed by atoms with Gasteiger partial charge in [-0.2, -0.15) is 0 Å². The van der Waals surface area contributed by atoms with Crippen LogP contribution in [0, 0.1) is 4.91 Å². The van der Waals surface area contributed by atoms with E-state index in [4.69, 9.17) is 30.6 Å². The Bertz CT molecular complexity index is 1790. The number of para-hydroxylation sites is 1. The second kappa shape index (κ2) is 14.3. The molecule has 0 bridgehead atoms. The zero-order valence-electron chi connectivity index (χ0n) is 23.6. The number of hydrogen-bond donors (Lipinski definition) is 0. The lowest BCUT2D eigenvalue weighted by Gasteiger charge is -2.16. The van der Waals surface area contributed by atoms with E-state index < -0.39 is 17.2 Å². The number of carbonyl (C=O) groups excluding carboxylic acids is 1. The van der Waals surface area contributed by atoms with E-state index >= 15 is 0 Å². The quantitative estimate of drug-likeness (QED) is 0.108. The highest BCUT2D eigenvalue weighted by Gasteiger charge is 2.23. The molecule has 0 amide bonds. The van der Waals surface area contributed by atoms with Crippen molar-refractivity contribution in [1.82, 2.24) is 9.13 Å². The van der Waals surface area contributed by atoms with Gasteiger partial charge in [-0.1, -0.05) is 46.7 Å². The molecule has 0 fully saturated rings. The van der Waals surface area contributed by atoms with Crippen molar-refractivity contribution >= 4 is 44.8 Å². The van der Waals surface area contributed by atoms with Crippen LogP contribution in [0.25, 0.3) is 5.69 Å². The first-order valence-electron chi connectivity index (χ1n) is 12.7. The molecule has 0 aliphatic rings. The summed E-state index contributed by atoms with van der Waals surface area (Å²) in [7, 11) is 6.70. The van der Waals surface area contributed by atoms with Gasteiger partial charge in [-0.25, -0.2) is 14.4 Å². The summed E-state index contributed by atoms with van der Waals surface area (Å²) in [6.45, 7) is 1.44. The van der Waals surface area contributed by atoms with Crippen molar-refractivity contribution in [3.05, 3.63) is 109 Å². The number of rotatable bonds is 12. The molecule has 4 aromatic rings. The smallest absolute Gasteiger partial charge is 0.345 e. The van der Waals surface area contributed by atoms with Crippen LogP contribution in [0.5, 0.6) is 11.5 Å². The molecule has 4 rings (SSSR count). The molecule has 224 valence electrons. The maximum Gasteiger partial charge on any atom is 0.345 e. The molecule has 1 aromatic heterocycles. The molecule has 0 radical (unpaired) electrons. The van der Waals surface area contributed by atoms with Crippen molar-refractivity contribution in [3.8, 4) is 17.2 Å². The Balaban J connectivity index is 1.82. The molecule has 14 heteroatoms. The average molecular weight is 645 g/mol. The lowest BCUT2D eigenvalue weighted by Crippen LogP contribution is -2.42. The SMILES string of the molecule is CCOC(=O)c1cn(-c2ccc(OC)c(OC)c2)c(=O)n(Cc2cccc(Cl)c2SSc2ccccc2[N+](=O)OC)c1=O. The van der Waals surface area contributed by atoms with Gasteiger partial charge in [-0.15, -0.1) is 0 Å². The Labute approximate surface area is 259 Å². The summed E-state index contributed by atoms with van der Waals surface area (Å²) >= 11 is 6.58. The lowest BCUT2D eigenvalue weighted by molar-refractivity contribution is -0.738. The van der Waals surface area contributed by atoms with E-state index in [0.717, 1.165) is 10.8 Å². The van der Waals surface area contributed by atoms with Crippen molar-refractivity contribution in [2.45, 2.75) is 23.3 Å². The number of benzene rings is 3. The maximum absolute atomic E-state index is 13.8. The van der Waals surface area contributed by atoms with Crippen LogP contribution < -0.4 is 20.7 Å². The molecule has 0 N–H and O–H groups in total. The minimum Gasteiger partial charge on any atom is -0.493 e. The fourth-order valence-electron chi connectivity index (χ4n) is 4.05. The molecule has 0 saturated carbocycles. The minimum atomic E-state index is -0.872. The van der Waals surface area contributed by atoms with Gasteiger partial charge >= 0.3 is 17.3 Å². The third-order valence-electron chi connectivity index (χ3n) is 6.13. The topological polar surface area (TPSA) is 118 Å². The van der Waals surface area contributed by atoms with Crippen molar-refractivity contribution in [2.75, 3.05) is 27.9 Å². The molecule has 43 heavy (non-hydrogen) atoms. The molecule has 0 atom stereocenters. The second-order valence-electron chi connectivity index (χ2n) is 8.65. The molecular weight excluding hydrogens is 618 g/mol. The summed E-state index contributed by atoms with van der Waals surface area (Å²) in [5, 5.41) is 0.369. The molecule has 3 aromatic carbocycles. The summed E-state index contributed by atoms with van der Waals surface area (Å²) in [4.78, 5) is 58.7. The van der Waals surface area contributed by atoms with E-state index in [9.17, 15) is 19.3 Å². The molecule has 0 spiro atoms. The van der Waals surface area contributed by atoms with Gasteiger partial charge in [0.15, 0.2) is 18.6 Å². The highest BCUT2D eigenvalue weighted by molar-refractivity contribution is 8.76. The third kappa shape index (κ3) is 6.90. The first kappa shape index (κ1) is 31.7. The van der Waals surface area contributed by atoms with Crippen LogP contribution in [-0.4, -0.2) is 48.0 Å². The number of carbonyl (C=O) groups is 1. The van der Waals surface area contributed by atoms with Crippen molar-refractivity contribution in [3.63, 3.8) is 0 Å².